The van der Waals surface area contributed by atoms with Gasteiger partial charge in [-0.05, 0) is 53.7 Å². The molecule has 1 N–H and O–H groups in total. The van der Waals surface area contributed by atoms with Gasteiger partial charge in [-0.25, -0.2) is 4.90 Å². The fraction of sp³-hybridized carbons (Fsp3) is 0.150. The second-order valence-corrected chi connectivity index (χ2v) is 7.12. The first-order chi connectivity index (χ1) is 14.1. The number of alkyl halides is 3. The minimum absolute atomic E-state index is 0.00452. The number of halogens is 3. The number of ether oxygens (including phenoxy) is 1. The summed E-state index contributed by atoms with van der Waals surface area (Å²) >= 11 is 0.627. The zero-order chi connectivity index (χ0) is 21.9. The summed E-state index contributed by atoms with van der Waals surface area (Å²) in [6, 6.07) is 10.4. The number of rotatable bonds is 6. The Morgan fingerprint density at radius 3 is 2.47 bits per heavy atom. The summed E-state index contributed by atoms with van der Waals surface area (Å²) in [7, 11) is 0. The summed E-state index contributed by atoms with van der Waals surface area (Å²) in [5.41, 5.74) is -0.547. The number of carboxylic acid groups (broad SMARTS) is 1. The second kappa shape index (κ2) is 8.62. The average Bonchev–Trinajstić information content (AvgIpc) is 2.95. The second-order valence-electron chi connectivity index (χ2n) is 6.13. The standard InChI is InChI=1S/C20H14F3NO5S/c21-20(22,23)13-2-1-3-14(11-13)24-18(27)16(30-19(24)28)10-12-4-6-15(7-5-12)29-9-8-17(25)26/h1-7,10-11H,8-9H2,(H,25,26)/b16-10+. The highest BCUT2D eigenvalue weighted by Crippen LogP contribution is 2.38. The molecule has 2 aromatic rings. The van der Waals surface area contributed by atoms with Gasteiger partial charge in [-0.1, -0.05) is 18.2 Å². The van der Waals surface area contributed by atoms with Gasteiger partial charge < -0.3 is 9.84 Å². The summed E-state index contributed by atoms with van der Waals surface area (Å²) in [6.07, 6.45) is -3.30. The zero-order valence-electron chi connectivity index (χ0n) is 15.2. The maximum atomic E-state index is 12.9. The molecule has 10 heteroatoms. The van der Waals surface area contributed by atoms with Crippen molar-refractivity contribution in [3.8, 4) is 5.75 Å². The summed E-state index contributed by atoms with van der Waals surface area (Å²) in [5.74, 6) is -1.26. The highest BCUT2D eigenvalue weighted by molar-refractivity contribution is 8.19. The number of amides is 2. The van der Waals surface area contributed by atoms with Crippen molar-refractivity contribution in [1.29, 1.82) is 0 Å². The van der Waals surface area contributed by atoms with Gasteiger partial charge in [0, 0.05) is 0 Å². The summed E-state index contributed by atoms with van der Waals surface area (Å²) in [6.45, 7) is 0.00452. The first kappa shape index (κ1) is 21.4. The predicted molar refractivity (Wildman–Crippen MR) is 104 cm³/mol. The van der Waals surface area contributed by atoms with E-state index < -0.39 is 28.9 Å². The Labute approximate surface area is 172 Å². The largest absolute Gasteiger partial charge is 0.493 e. The normalized spacial score (nSPS) is 15.7. The van der Waals surface area contributed by atoms with E-state index in [0.717, 1.165) is 18.2 Å². The third-order valence-electron chi connectivity index (χ3n) is 3.99. The van der Waals surface area contributed by atoms with E-state index in [1.807, 2.05) is 0 Å². The SMILES string of the molecule is O=C(O)CCOc1ccc(/C=C2/SC(=O)N(c3cccc(C(F)(F)F)c3)C2=O)cc1. The van der Waals surface area contributed by atoms with Crippen LogP contribution in [-0.4, -0.2) is 28.8 Å². The van der Waals surface area contributed by atoms with Crippen molar-refractivity contribution in [2.24, 2.45) is 0 Å². The maximum Gasteiger partial charge on any atom is 0.416 e. The predicted octanol–water partition coefficient (Wildman–Crippen LogP) is 4.80. The van der Waals surface area contributed by atoms with E-state index in [1.165, 1.54) is 12.1 Å². The van der Waals surface area contributed by atoms with Crippen molar-refractivity contribution < 1.29 is 37.4 Å². The summed E-state index contributed by atoms with van der Waals surface area (Å²) in [5, 5.41) is 7.90. The minimum Gasteiger partial charge on any atom is -0.493 e. The number of carbonyl (C=O) groups is 3. The van der Waals surface area contributed by atoms with Crippen LogP contribution in [0, 0.1) is 0 Å². The molecule has 156 valence electrons. The molecule has 0 spiro atoms. The van der Waals surface area contributed by atoms with Gasteiger partial charge in [-0.2, -0.15) is 13.2 Å². The Bertz CT molecular complexity index is 1020. The molecule has 1 aliphatic rings. The fourth-order valence-corrected chi connectivity index (χ4v) is 3.42. The third kappa shape index (κ3) is 5.01. The number of nitrogens with zero attached hydrogens (tertiary/aromatic N) is 1. The number of carbonyl (C=O) groups excluding carboxylic acids is 2. The Balaban J connectivity index is 1.76. The molecule has 1 aliphatic heterocycles. The van der Waals surface area contributed by atoms with E-state index in [1.54, 1.807) is 24.3 Å². The third-order valence-corrected chi connectivity index (χ3v) is 4.86. The highest BCUT2D eigenvalue weighted by atomic mass is 32.2. The molecule has 1 saturated heterocycles. The summed E-state index contributed by atoms with van der Waals surface area (Å²) < 4.78 is 44.0. The lowest BCUT2D eigenvalue weighted by molar-refractivity contribution is -0.138. The van der Waals surface area contributed by atoms with Crippen molar-refractivity contribution in [3.05, 3.63) is 64.6 Å². The van der Waals surface area contributed by atoms with Crippen molar-refractivity contribution in [2.45, 2.75) is 12.6 Å². The lowest BCUT2D eigenvalue weighted by Crippen LogP contribution is -2.28. The van der Waals surface area contributed by atoms with Crippen LogP contribution < -0.4 is 9.64 Å². The smallest absolute Gasteiger partial charge is 0.416 e. The molecule has 0 aromatic heterocycles. The van der Waals surface area contributed by atoms with E-state index in [9.17, 15) is 27.6 Å². The van der Waals surface area contributed by atoms with E-state index in [0.29, 0.717) is 28.0 Å². The van der Waals surface area contributed by atoms with Crippen LogP contribution in [-0.2, 0) is 15.8 Å². The summed E-state index contributed by atoms with van der Waals surface area (Å²) in [4.78, 5) is 36.1. The van der Waals surface area contributed by atoms with Crippen molar-refractivity contribution >= 4 is 40.6 Å². The van der Waals surface area contributed by atoms with Crippen LogP contribution in [0.1, 0.15) is 17.5 Å². The first-order valence-corrected chi connectivity index (χ1v) is 9.36. The average molecular weight is 437 g/mol. The molecular weight excluding hydrogens is 423 g/mol. The fourth-order valence-electron chi connectivity index (χ4n) is 2.58. The lowest BCUT2D eigenvalue weighted by Gasteiger charge is -2.14. The zero-order valence-corrected chi connectivity index (χ0v) is 16.0. The van der Waals surface area contributed by atoms with Gasteiger partial charge in [-0.15, -0.1) is 0 Å². The van der Waals surface area contributed by atoms with Gasteiger partial charge in [0.05, 0.1) is 29.2 Å². The molecule has 3 rings (SSSR count). The van der Waals surface area contributed by atoms with Crippen LogP contribution in [0.4, 0.5) is 23.7 Å². The monoisotopic (exact) mass is 437 g/mol. The quantitative estimate of drug-likeness (QED) is 0.654. The van der Waals surface area contributed by atoms with Crippen LogP contribution in [0.2, 0.25) is 0 Å². The van der Waals surface area contributed by atoms with Crippen molar-refractivity contribution in [3.63, 3.8) is 0 Å². The molecule has 2 aromatic carbocycles. The number of anilines is 1. The topological polar surface area (TPSA) is 83.9 Å². The van der Waals surface area contributed by atoms with E-state index in [2.05, 4.69) is 0 Å². The number of aliphatic carboxylic acids is 1. The molecule has 1 heterocycles. The van der Waals surface area contributed by atoms with Gasteiger partial charge in [-0.3, -0.25) is 14.4 Å². The van der Waals surface area contributed by atoms with Crippen LogP contribution in [0.25, 0.3) is 6.08 Å². The van der Waals surface area contributed by atoms with Gasteiger partial charge in [0.25, 0.3) is 11.1 Å². The lowest BCUT2D eigenvalue weighted by atomic mass is 10.1. The molecule has 0 atom stereocenters. The molecule has 0 bridgehead atoms. The number of benzene rings is 2. The van der Waals surface area contributed by atoms with Gasteiger partial charge in [0.1, 0.15) is 5.75 Å². The molecule has 30 heavy (non-hydrogen) atoms. The molecule has 0 saturated carbocycles. The molecular formula is C20H14F3NO5S. The van der Waals surface area contributed by atoms with Crippen molar-refractivity contribution in [1.82, 2.24) is 0 Å². The molecule has 0 radical (unpaired) electrons. The number of carboxylic acids is 1. The Kier molecular flexibility index (Phi) is 6.16. The number of hydrogen-bond donors (Lipinski definition) is 1. The van der Waals surface area contributed by atoms with Gasteiger partial charge >= 0.3 is 12.1 Å². The Morgan fingerprint density at radius 2 is 1.83 bits per heavy atom. The first-order valence-electron chi connectivity index (χ1n) is 8.55. The van der Waals surface area contributed by atoms with E-state index >= 15 is 0 Å². The number of imide groups is 1. The number of thioether (sulfide) groups is 1. The van der Waals surface area contributed by atoms with Crippen LogP contribution in [0.5, 0.6) is 5.75 Å². The molecule has 6 nitrogen and oxygen atoms in total. The van der Waals surface area contributed by atoms with E-state index in [-0.39, 0.29) is 23.6 Å². The maximum absolute atomic E-state index is 12.9. The Hall–Kier alpha value is -3.27. The van der Waals surface area contributed by atoms with Crippen molar-refractivity contribution in [2.75, 3.05) is 11.5 Å². The van der Waals surface area contributed by atoms with Gasteiger partial charge in [0.2, 0.25) is 0 Å². The van der Waals surface area contributed by atoms with Crippen LogP contribution >= 0.6 is 11.8 Å². The molecule has 0 unspecified atom stereocenters. The molecule has 2 amide bonds. The van der Waals surface area contributed by atoms with E-state index in [4.69, 9.17) is 9.84 Å². The molecule has 0 aliphatic carbocycles. The highest BCUT2D eigenvalue weighted by Gasteiger charge is 2.38. The Morgan fingerprint density at radius 1 is 1.13 bits per heavy atom. The van der Waals surface area contributed by atoms with Gasteiger partial charge in [0.15, 0.2) is 0 Å². The minimum atomic E-state index is -4.60. The van der Waals surface area contributed by atoms with Crippen LogP contribution in [0.3, 0.4) is 0 Å². The van der Waals surface area contributed by atoms with Crippen LogP contribution in [0.15, 0.2) is 53.4 Å². The molecule has 1 fully saturated rings. The number of hydrogen-bond acceptors (Lipinski definition) is 5.